The molecule has 1 aromatic heterocycles. The fourth-order valence-electron chi connectivity index (χ4n) is 3.59. The minimum absolute atomic E-state index is 0.644. The smallest absolute Gasteiger partial charge is 0.0640 e. The highest BCUT2D eigenvalue weighted by molar-refractivity contribution is 5.04. The van der Waals surface area contributed by atoms with Gasteiger partial charge in [0.2, 0.25) is 0 Å². The summed E-state index contributed by atoms with van der Waals surface area (Å²) in [7, 11) is 0. The van der Waals surface area contributed by atoms with Gasteiger partial charge in [0, 0.05) is 18.7 Å². The lowest BCUT2D eigenvalue weighted by Crippen LogP contribution is -2.41. The molecule has 3 nitrogen and oxygen atoms in total. The number of likely N-dealkylation sites (N-methyl/N-ethyl adjacent to an activating group) is 1. The maximum atomic E-state index is 4.83. The Balaban J connectivity index is 1.61. The van der Waals surface area contributed by atoms with Gasteiger partial charge in [0.1, 0.15) is 0 Å². The molecule has 3 heteroatoms. The molecule has 0 aliphatic heterocycles. The van der Waals surface area contributed by atoms with Gasteiger partial charge in [0.05, 0.1) is 11.7 Å². The Morgan fingerprint density at radius 3 is 2.68 bits per heavy atom. The van der Waals surface area contributed by atoms with Crippen LogP contribution >= 0.6 is 0 Å². The van der Waals surface area contributed by atoms with Gasteiger partial charge in [-0.25, -0.2) is 0 Å². The highest BCUT2D eigenvalue weighted by Gasteiger charge is 2.27. The van der Waals surface area contributed by atoms with Gasteiger partial charge in [-0.1, -0.05) is 26.2 Å². The summed E-state index contributed by atoms with van der Waals surface area (Å²) in [4.78, 5) is 0. The van der Waals surface area contributed by atoms with Gasteiger partial charge in [-0.15, -0.1) is 0 Å². The first-order valence-electron chi connectivity index (χ1n) is 8.14. The molecule has 0 amide bonds. The van der Waals surface area contributed by atoms with Crippen molar-refractivity contribution in [3.63, 3.8) is 0 Å². The second-order valence-electron chi connectivity index (χ2n) is 6.28. The number of hydrogen-bond donors (Lipinski definition) is 1. The average molecular weight is 261 g/mol. The molecular formula is C16H27N3. The molecule has 1 aromatic rings. The zero-order chi connectivity index (χ0) is 13.1. The average Bonchev–Trinajstić information content (AvgIpc) is 2.95. The minimum Gasteiger partial charge on any atom is -0.314 e. The Hall–Kier alpha value is -0.830. The summed E-state index contributed by atoms with van der Waals surface area (Å²) in [6, 6.07) is 3.56. The third kappa shape index (κ3) is 3.02. The number of nitrogens with zero attached hydrogens (tertiary/aromatic N) is 2. The highest BCUT2D eigenvalue weighted by Crippen LogP contribution is 2.32. The van der Waals surface area contributed by atoms with Gasteiger partial charge in [-0.3, -0.25) is 4.68 Å². The standard InChI is InChI=1S/C16H27N3/c1-2-17-16(13-6-5-7-13)12-14-10-11-19(18-14)15-8-3-4-9-15/h10-11,13,15-17H,2-9,12H2,1H3. The van der Waals surface area contributed by atoms with E-state index in [0.717, 1.165) is 18.9 Å². The van der Waals surface area contributed by atoms with Crippen LogP contribution in [0, 0.1) is 5.92 Å². The van der Waals surface area contributed by atoms with E-state index in [4.69, 9.17) is 5.10 Å². The van der Waals surface area contributed by atoms with E-state index in [0.29, 0.717) is 12.1 Å². The summed E-state index contributed by atoms with van der Waals surface area (Å²) in [5, 5.41) is 8.49. The van der Waals surface area contributed by atoms with E-state index in [2.05, 4.69) is 29.2 Å². The maximum absolute atomic E-state index is 4.83. The SMILES string of the molecule is CCNC(Cc1ccn(C2CCCC2)n1)C1CCC1. The van der Waals surface area contributed by atoms with Gasteiger partial charge in [0.25, 0.3) is 0 Å². The van der Waals surface area contributed by atoms with Crippen LogP contribution in [0.1, 0.15) is 63.6 Å². The van der Waals surface area contributed by atoms with Crippen molar-refractivity contribution in [3.05, 3.63) is 18.0 Å². The quantitative estimate of drug-likeness (QED) is 0.851. The fourth-order valence-corrected chi connectivity index (χ4v) is 3.59. The summed E-state index contributed by atoms with van der Waals surface area (Å²) in [6.07, 6.45) is 12.9. The Morgan fingerprint density at radius 1 is 1.26 bits per heavy atom. The molecule has 3 rings (SSSR count). The van der Waals surface area contributed by atoms with Crippen molar-refractivity contribution in [2.75, 3.05) is 6.54 Å². The van der Waals surface area contributed by atoms with Crippen molar-refractivity contribution in [1.29, 1.82) is 0 Å². The van der Waals surface area contributed by atoms with Crippen LogP contribution in [0.25, 0.3) is 0 Å². The zero-order valence-electron chi connectivity index (χ0n) is 12.1. The van der Waals surface area contributed by atoms with Crippen molar-refractivity contribution in [3.8, 4) is 0 Å². The van der Waals surface area contributed by atoms with E-state index in [1.54, 1.807) is 0 Å². The molecule has 106 valence electrons. The minimum atomic E-state index is 0.644. The van der Waals surface area contributed by atoms with Crippen LogP contribution in [-0.4, -0.2) is 22.4 Å². The summed E-state index contributed by atoms with van der Waals surface area (Å²) < 4.78 is 2.23. The van der Waals surface area contributed by atoms with Gasteiger partial charge >= 0.3 is 0 Å². The monoisotopic (exact) mass is 261 g/mol. The lowest BCUT2D eigenvalue weighted by Gasteiger charge is -2.34. The van der Waals surface area contributed by atoms with Gasteiger partial charge in [0.15, 0.2) is 0 Å². The summed E-state index contributed by atoms with van der Waals surface area (Å²) in [6.45, 7) is 3.29. The number of aromatic nitrogens is 2. The Morgan fingerprint density at radius 2 is 2.05 bits per heavy atom. The largest absolute Gasteiger partial charge is 0.314 e. The molecular weight excluding hydrogens is 234 g/mol. The maximum Gasteiger partial charge on any atom is 0.0640 e. The summed E-state index contributed by atoms with van der Waals surface area (Å²) in [5.41, 5.74) is 1.28. The van der Waals surface area contributed by atoms with E-state index in [9.17, 15) is 0 Å². The van der Waals surface area contributed by atoms with Gasteiger partial charge in [-0.2, -0.15) is 5.10 Å². The number of nitrogens with one attached hydrogen (secondary N) is 1. The van der Waals surface area contributed by atoms with Crippen LogP contribution in [0.4, 0.5) is 0 Å². The first-order valence-corrected chi connectivity index (χ1v) is 8.14. The van der Waals surface area contributed by atoms with Crippen LogP contribution in [0.2, 0.25) is 0 Å². The van der Waals surface area contributed by atoms with Crippen molar-refractivity contribution in [1.82, 2.24) is 15.1 Å². The van der Waals surface area contributed by atoms with Gasteiger partial charge in [-0.05, 0) is 44.2 Å². The first kappa shape index (κ1) is 13.2. The lowest BCUT2D eigenvalue weighted by atomic mass is 9.78. The molecule has 0 saturated heterocycles. The van der Waals surface area contributed by atoms with Gasteiger partial charge < -0.3 is 5.32 Å². The highest BCUT2D eigenvalue weighted by atomic mass is 15.3. The molecule has 0 radical (unpaired) electrons. The summed E-state index contributed by atoms with van der Waals surface area (Å²) in [5.74, 6) is 0.886. The van der Waals surface area contributed by atoms with Crippen LogP contribution in [0.5, 0.6) is 0 Å². The van der Waals surface area contributed by atoms with E-state index < -0.39 is 0 Å². The van der Waals surface area contributed by atoms with E-state index in [1.165, 1.54) is 50.6 Å². The van der Waals surface area contributed by atoms with E-state index in [-0.39, 0.29) is 0 Å². The Kier molecular flexibility index (Phi) is 4.21. The van der Waals surface area contributed by atoms with Crippen LogP contribution < -0.4 is 5.32 Å². The molecule has 2 saturated carbocycles. The predicted octanol–water partition coefficient (Wildman–Crippen LogP) is 3.32. The van der Waals surface area contributed by atoms with Crippen LogP contribution in [-0.2, 0) is 6.42 Å². The van der Waals surface area contributed by atoms with Crippen LogP contribution in [0.3, 0.4) is 0 Å². The fraction of sp³-hybridized carbons (Fsp3) is 0.812. The normalized spacial score (nSPS) is 22.6. The Labute approximate surface area is 116 Å². The second-order valence-corrected chi connectivity index (χ2v) is 6.28. The van der Waals surface area contributed by atoms with Crippen molar-refractivity contribution < 1.29 is 0 Å². The molecule has 0 spiro atoms. The molecule has 1 N–H and O–H groups in total. The second kappa shape index (κ2) is 6.08. The molecule has 0 aromatic carbocycles. The molecule has 2 aliphatic carbocycles. The molecule has 0 bridgehead atoms. The molecule has 2 aliphatic rings. The zero-order valence-corrected chi connectivity index (χ0v) is 12.1. The van der Waals surface area contributed by atoms with E-state index >= 15 is 0 Å². The third-order valence-electron chi connectivity index (χ3n) is 4.98. The molecule has 2 fully saturated rings. The molecule has 19 heavy (non-hydrogen) atoms. The van der Waals surface area contributed by atoms with Crippen molar-refractivity contribution in [2.45, 2.75) is 70.4 Å². The molecule has 1 unspecified atom stereocenters. The third-order valence-corrected chi connectivity index (χ3v) is 4.98. The summed E-state index contributed by atoms with van der Waals surface area (Å²) >= 11 is 0. The van der Waals surface area contributed by atoms with Crippen LogP contribution in [0.15, 0.2) is 12.3 Å². The topological polar surface area (TPSA) is 29.9 Å². The molecule has 1 atom stereocenters. The lowest BCUT2D eigenvalue weighted by molar-refractivity contribution is 0.228. The van der Waals surface area contributed by atoms with Crippen molar-refractivity contribution >= 4 is 0 Å². The first-order chi connectivity index (χ1) is 9.36. The van der Waals surface area contributed by atoms with Crippen molar-refractivity contribution in [2.24, 2.45) is 5.92 Å². The molecule has 1 heterocycles. The van der Waals surface area contributed by atoms with E-state index in [1.807, 2.05) is 0 Å². The predicted molar refractivity (Wildman–Crippen MR) is 78.2 cm³/mol. The Bertz CT molecular complexity index is 388. The number of hydrogen-bond acceptors (Lipinski definition) is 2. The number of rotatable bonds is 6.